The molecule has 21 heavy (non-hydrogen) atoms. The summed E-state index contributed by atoms with van der Waals surface area (Å²) >= 11 is 5.90. The molecule has 0 amide bonds. The number of para-hydroxylation sites is 1. The molecule has 0 saturated carbocycles. The third kappa shape index (κ3) is 3.61. The van der Waals surface area contributed by atoms with Crippen LogP contribution in [-0.2, 0) is 6.54 Å². The molecule has 2 aromatic rings. The Morgan fingerprint density at radius 2 is 2.14 bits per heavy atom. The van der Waals surface area contributed by atoms with Gasteiger partial charge in [-0.15, -0.1) is 0 Å². The van der Waals surface area contributed by atoms with Crippen LogP contribution in [0.5, 0.6) is 5.75 Å². The average molecular weight is 311 g/mol. The molecule has 0 unspecified atom stereocenters. The zero-order chi connectivity index (χ0) is 15.4. The molecule has 0 aliphatic heterocycles. The maximum atomic E-state index is 13.6. The van der Waals surface area contributed by atoms with E-state index in [4.69, 9.17) is 16.3 Å². The number of halogens is 2. The molecule has 110 valence electrons. The Bertz CT molecular complexity index is 659. The van der Waals surface area contributed by atoms with E-state index < -0.39 is 10.7 Å². The second-order valence-corrected chi connectivity index (χ2v) is 4.65. The van der Waals surface area contributed by atoms with Gasteiger partial charge in [-0.3, -0.25) is 10.1 Å². The molecule has 2 rings (SSSR count). The highest BCUT2D eigenvalue weighted by Crippen LogP contribution is 2.27. The summed E-state index contributed by atoms with van der Waals surface area (Å²) < 4.78 is 18.6. The fraction of sp³-hybridized carbons (Fsp3) is 0.143. The first-order valence-corrected chi connectivity index (χ1v) is 6.39. The highest BCUT2D eigenvalue weighted by molar-refractivity contribution is 6.33. The summed E-state index contributed by atoms with van der Waals surface area (Å²) in [6.45, 7) is 0.179. The third-order valence-corrected chi connectivity index (χ3v) is 3.14. The maximum Gasteiger partial charge on any atom is 0.273 e. The van der Waals surface area contributed by atoms with Gasteiger partial charge < -0.3 is 10.1 Å². The van der Waals surface area contributed by atoms with E-state index >= 15 is 0 Å². The van der Waals surface area contributed by atoms with Crippen LogP contribution in [0.1, 0.15) is 5.56 Å². The minimum Gasteiger partial charge on any atom is -0.496 e. The summed E-state index contributed by atoms with van der Waals surface area (Å²) in [7, 11) is 1.42. The molecular formula is C14H12ClFN2O3. The van der Waals surface area contributed by atoms with Gasteiger partial charge in [-0.25, -0.2) is 4.39 Å². The number of hydrogen-bond donors (Lipinski definition) is 1. The first kappa shape index (κ1) is 15.1. The van der Waals surface area contributed by atoms with Crippen LogP contribution >= 0.6 is 11.6 Å². The lowest BCUT2D eigenvalue weighted by atomic mass is 10.2. The van der Waals surface area contributed by atoms with Gasteiger partial charge in [0.25, 0.3) is 5.69 Å². The smallest absolute Gasteiger partial charge is 0.273 e. The topological polar surface area (TPSA) is 64.4 Å². The van der Waals surface area contributed by atoms with E-state index in [1.807, 2.05) is 0 Å². The standard InChI is InChI=1S/C14H12ClFN2O3/c1-21-11-6-9(5-10(7-11)18(19)20)8-17-14-12(15)3-2-4-13(14)16/h2-7,17H,8H2,1H3. The van der Waals surface area contributed by atoms with Gasteiger partial charge in [0.1, 0.15) is 11.6 Å². The lowest BCUT2D eigenvalue weighted by Gasteiger charge is -2.10. The van der Waals surface area contributed by atoms with Gasteiger partial charge in [-0.05, 0) is 23.8 Å². The Labute approximate surface area is 125 Å². The number of nitrogens with zero attached hydrogens (tertiary/aromatic N) is 1. The minimum atomic E-state index is -0.512. The second-order valence-electron chi connectivity index (χ2n) is 4.25. The predicted molar refractivity (Wildman–Crippen MR) is 78.4 cm³/mol. The van der Waals surface area contributed by atoms with Crippen LogP contribution in [0.25, 0.3) is 0 Å². The van der Waals surface area contributed by atoms with E-state index in [9.17, 15) is 14.5 Å². The van der Waals surface area contributed by atoms with Crippen molar-refractivity contribution in [3.05, 3.63) is 62.9 Å². The number of hydrogen-bond acceptors (Lipinski definition) is 4. The number of benzene rings is 2. The molecule has 0 heterocycles. The SMILES string of the molecule is COc1cc(CNc2c(F)cccc2Cl)cc([N+](=O)[O-])c1. The van der Waals surface area contributed by atoms with Crippen LogP contribution in [0.15, 0.2) is 36.4 Å². The van der Waals surface area contributed by atoms with Gasteiger partial charge in [-0.1, -0.05) is 17.7 Å². The fourth-order valence-electron chi connectivity index (χ4n) is 1.83. The summed E-state index contributed by atoms with van der Waals surface area (Å²) in [5, 5.41) is 13.9. The first-order chi connectivity index (χ1) is 10.0. The molecule has 0 aliphatic rings. The molecule has 0 atom stereocenters. The van der Waals surface area contributed by atoms with Crippen molar-refractivity contribution in [1.82, 2.24) is 0 Å². The summed E-state index contributed by atoms with van der Waals surface area (Å²) in [5.41, 5.74) is 0.649. The normalized spacial score (nSPS) is 10.2. The molecular weight excluding hydrogens is 299 g/mol. The van der Waals surface area contributed by atoms with Crippen LogP contribution < -0.4 is 10.1 Å². The summed E-state index contributed by atoms with van der Waals surface area (Å²) in [5.74, 6) is -0.125. The zero-order valence-corrected chi connectivity index (χ0v) is 11.9. The van der Waals surface area contributed by atoms with Crippen LogP contribution in [0.4, 0.5) is 15.8 Å². The second kappa shape index (κ2) is 6.41. The van der Waals surface area contributed by atoms with E-state index in [1.165, 1.54) is 31.4 Å². The quantitative estimate of drug-likeness (QED) is 0.669. The van der Waals surface area contributed by atoms with Gasteiger partial charge in [0.15, 0.2) is 0 Å². The molecule has 0 spiro atoms. The Kier molecular flexibility index (Phi) is 4.59. The number of rotatable bonds is 5. The van der Waals surface area contributed by atoms with E-state index in [1.54, 1.807) is 12.1 Å². The largest absolute Gasteiger partial charge is 0.496 e. The van der Waals surface area contributed by atoms with Crippen LogP contribution in [0.3, 0.4) is 0 Å². The highest BCUT2D eigenvalue weighted by atomic mass is 35.5. The number of non-ortho nitro benzene ring substituents is 1. The van der Waals surface area contributed by atoms with Crippen molar-refractivity contribution in [2.24, 2.45) is 0 Å². The van der Waals surface area contributed by atoms with Crippen LogP contribution in [-0.4, -0.2) is 12.0 Å². The van der Waals surface area contributed by atoms with E-state index in [0.29, 0.717) is 11.3 Å². The van der Waals surface area contributed by atoms with Gasteiger partial charge in [0, 0.05) is 12.6 Å². The van der Waals surface area contributed by atoms with Crippen molar-refractivity contribution in [2.45, 2.75) is 6.54 Å². The summed E-state index contributed by atoms with van der Waals surface area (Å²) in [6.07, 6.45) is 0. The Morgan fingerprint density at radius 3 is 2.76 bits per heavy atom. The van der Waals surface area contributed by atoms with E-state index in [2.05, 4.69) is 5.32 Å². The Balaban J connectivity index is 2.23. The van der Waals surface area contributed by atoms with Crippen molar-refractivity contribution in [3.63, 3.8) is 0 Å². The molecule has 0 radical (unpaired) electrons. The number of nitro groups is 1. The number of methoxy groups -OCH3 is 1. The van der Waals surface area contributed by atoms with E-state index in [-0.39, 0.29) is 22.9 Å². The van der Waals surface area contributed by atoms with Crippen LogP contribution in [0.2, 0.25) is 5.02 Å². The number of anilines is 1. The summed E-state index contributed by atoms with van der Waals surface area (Å²) in [4.78, 5) is 10.3. The molecule has 0 bridgehead atoms. The highest BCUT2D eigenvalue weighted by Gasteiger charge is 2.11. The first-order valence-electron chi connectivity index (χ1n) is 6.01. The van der Waals surface area contributed by atoms with Crippen molar-refractivity contribution < 1.29 is 14.1 Å². The van der Waals surface area contributed by atoms with Gasteiger partial charge in [0.2, 0.25) is 0 Å². The van der Waals surface area contributed by atoms with Crippen molar-refractivity contribution in [2.75, 3.05) is 12.4 Å². The van der Waals surface area contributed by atoms with Crippen molar-refractivity contribution in [3.8, 4) is 5.75 Å². The average Bonchev–Trinajstić information content (AvgIpc) is 2.46. The molecule has 7 heteroatoms. The molecule has 0 fully saturated rings. The lowest BCUT2D eigenvalue weighted by Crippen LogP contribution is -2.03. The molecule has 5 nitrogen and oxygen atoms in total. The van der Waals surface area contributed by atoms with Crippen molar-refractivity contribution >= 4 is 23.0 Å². The molecule has 0 aromatic heterocycles. The Morgan fingerprint density at radius 1 is 1.38 bits per heavy atom. The summed E-state index contributed by atoms with van der Waals surface area (Å²) in [6, 6.07) is 8.68. The van der Waals surface area contributed by atoms with E-state index in [0.717, 1.165) is 0 Å². The lowest BCUT2D eigenvalue weighted by molar-refractivity contribution is -0.385. The number of nitro benzene ring substituents is 1. The van der Waals surface area contributed by atoms with Gasteiger partial charge in [-0.2, -0.15) is 0 Å². The monoisotopic (exact) mass is 310 g/mol. The predicted octanol–water partition coefficient (Wildman–Crippen LogP) is 4.01. The Hall–Kier alpha value is -2.34. The van der Waals surface area contributed by atoms with Crippen molar-refractivity contribution in [1.29, 1.82) is 0 Å². The maximum absolute atomic E-state index is 13.6. The minimum absolute atomic E-state index is 0.0919. The van der Waals surface area contributed by atoms with Gasteiger partial charge >= 0.3 is 0 Å². The van der Waals surface area contributed by atoms with Crippen LogP contribution in [0, 0.1) is 15.9 Å². The number of nitrogens with one attached hydrogen (secondary N) is 1. The fourth-order valence-corrected chi connectivity index (χ4v) is 2.06. The van der Waals surface area contributed by atoms with Gasteiger partial charge in [0.05, 0.1) is 28.8 Å². The third-order valence-electron chi connectivity index (χ3n) is 2.83. The number of ether oxygens (including phenoxy) is 1. The zero-order valence-electron chi connectivity index (χ0n) is 11.1. The molecule has 0 aliphatic carbocycles. The molecule has 1 N–H and O–H groups in total. The molecule has 0 saturated heterocycles. The molecule has 2 aromatic carbocycles.